The largest absolute Gasteiger partial charge is 0.444 e. The highest BCUT2D eigenvalue weighted by Gasteiger charge is 2.36. The van der Waals surface area contributed by atoms with Crippen LogP contribution in [0.3, 0.4) is 0 Å². The van der Waals surface area contributed by atoms with Gasteiger partial charge in [-0.15, -0.1) is 5.10 Å². The number of rotatable bonds is 6. The molecule has 2 aromatic heterocycles. The summed E-state index contributed by atoms with van der Waals surface area (Å²) in [6.07, 6.45) is 2.64. The van der Waals surface area contributed by atoms with Crippen LogP contribution in [0.1, 0.15) is 59.6 Å². The molecule has 1 N–H and O–H groups in total. The van der Waals surface area contributed by atoms with Gasteiger partial charge in [-0.3, -0.25) is 14.3 Å². The maximum Gasteiger partial charge on any atom is 0.410 e. The van der Waals surface area contributed by atoms with E-state index in [0.717, 1.165) is 50.4 Å². The highest BCUT2D eigenvalue weighted by Crippen LogP contribution is 2.28. The first kappa shape index (κ1) is 27.9. The average molecular weight is 531 g/mol. The first-order valence-electron chi connectivity index (χ1n) is 13.7. The molecule has 4 heterocycles. The van der Waals surface area contributed by atoms with E-state index in [-0.39, 0.29) is 29.3 Å². The summed E-state index contributed by atoms with van der Waals surface area (Å²) in [6.45, 7) is 16.3. The minimum absolute atomic E-state index is 0.116. The fourth-order valence-electron chi connectivity index (χ4n) is 5.50. The second-order valence-corrected chi connectivity index (χ2v) is 11.1. The Bertz CT molecular complexity index is 1180. The maximum atomic E-state index is 13.3. The van der Waals surface area contributed by atoms with E-state index in [1.807, 2.05) is 39.5 Å². The standard InChI is InChI=1S/C26H42N8O4/c1-8-18-16-33(14-15-34(18)19-10-12-32(13-11-19)25(36)38-26(4,5)6)22-17(3)28-20(23(35)31(22)7)21-29-30-24(37-21)27-9-2/h18-19H,8-16H2,1-7H3,(H,27,30)/t18-/m0/s1. The first-order valence-corrected chi connectivity index (χ1v) is 13.7. The van der Waals surface area contributed by atoms with Crippen molar-refractivity contribution in [3.8, 4) is 11.6 Å². The van der Waals surface area contributed by atoms with Gasteiger partial charge in [0.15, 0.2) is 5.69 Å². The van der Waals surface area contributed by atoms with Crippen molar-refractivity contribution in [1.82, 2.24) is 29.5 Å². The number of carbonyl (C=O) groups excluding carboxylic acids is 1. The Hall–Kier alpha value is -3.15. The van der Waals surface area contributed by atoms with E-state index >= 15 is 0 Å². The number of anilines is 2. The van der Waals surface area contributed by atoms with Crippen LogP contribution in [0.2, 0.25) is 0 Å². The molecule has 1 amide bonds. The molecule has 210 valence electrons. The number of hydrogen-bond acceptors (Lipinski definition) is 10. The van der Waals surface area contributed by atoms with Crippen molar-refractivity contribution >= 4 is 17.9 Å². The molecule has 2 aliphatic rings. The molecule has 1 atom stereocenters. The molecule has 0 bridgehead atoms. The SMILES string of the molecule is CCNc1nnc(-c2nc(C)c(N3CCN(C4CCN(C(=O)OC(C)(C)C)CC4)[C@@H](CC)C3)n(C)c2=O)o1. The lowest BCUT2D eigenvalue weighted by Crippen LogP contribution is -2.59. The number of likely N-dealkylation sites (tertiary alicyclic amines) is 1. The van der Waals surface area contributed by atoms with Gasteiger partial charge in [0.05, 0.1) is 5.69 Å². The lowest BCUT2D eigenvalue weighted by molar-refractivity contribution is 0.00942. The summed E-state index contributed by atoms with van der Waals surface area (Å²) in [5.41, 5.74) is 0.165. The molecule has 2 saturated heterocycles. The fourth-order valence-corrected chi connectivity index (χ4v) is 5.50. The average Bonchev–Trinajstić information content (AvgIpc) is 3.34. The van der Waals surface area contributed by atoms with Gasteiger partial charge in [0.1, 0.15) is 11.4 Å². The van der Waals surface area contributed by atoms with Crippen LogP contribution in [0.4, 0.5) is 16.6 Å². The van der Waals surface area contributed by atoms with E-state index in [9.17, 15) is 9.59 Å². The molecule has 0 aromatic carbocycles. The summed E-state index contributed by atoms with van der Waals surface area (Å²) < 4.78 is 12.8. The van der Waals surface area contributed by atoms with Crippen molar-refractivity contribution in [3.05, 3.63) is 16.0 Å². The Morgan fingerprint density at radius 2 is 1.84 bits per heavy atom. The molecule has 0 unspecified atom stereocenters. The zero-order valence-electron chi connectivity index (χ0n) is 23.8. The van der Waals surface area contributed by atoms with Gasteiger partial charge in [-0.25, -0.2) is 9.78 Å². The second-order valence-electron chi connectivity index (χ2n) is 11.1. The van der Waals surface area contributed by atoms with Crippen LogP contribution in [0.15, 0.2) is 9.21 Å². The zero-order chi connectivity index (χ0) is 27.6. The second kappa shape index (κ2) is 11.3. The molecule has 0 aliphatic carbocycles. The van der Waals surface area contributed by atoms with Crippen LogP contribution in [0, 0.1) is 6.92 Å². The van der Waals surface area contributed by atoms with Gasteiger partial charge < -0.3 is 24.3 Å². The van der Waals surface area contributed by atoms with Gasteiger partial charge in [-0.2, -0.15) is 0 Å². The van der Waals surface area contributed by atoms with Crippen LogP contribution >= 0.6 is 0 Å². The van der Waals surface area contributed by atoms with Crippen molar-refractivity contribution in [2.24, 2.45) is 7.05 Å². The zero-order valence-corrected chi connectivity index (χ0v) is 23.8. The van der Waals surface area contributed by atoms with Crippen molar-refractivity contribution < 1.29 is 13.9 Å². The number of carbonyl (C=O) groups is 1. The van der Waals surface area contributed by atoms with Crippen LogP contribution in [0.25, 0.3) is 11.6 Å². The Morgan fingerprint density at radius 1 is 1.13 bits per heavy atom. The van der Waals surface area contributed by atoms with E-state index in [4.69, 9.17) is 9.15 Å². The van der Waals surface area contributed by atoms with Crippen molar-refractivity contribution in [3.63, 3.8) is 0 Å². The van der Waals surface area contributed by atoms with E-state index in [0.29, 0.717) is 31.7 Å². The van der Waals surface area contributed by atoms with E-state index in [2.05, 4.69) is 37.2 Å². The van der Waals surface area contributed by atoms with Crippen molar-refractivity contribution in [2.45, 2.75) is 78.5 Å². The maximum absolute atomic E-state index is 13.3. The molecular formula is C26H42N8O4. The van der Waals surface area contributed by atoms with Gasteiger partial charge >= 0.3 is 12.1 Å². The summed E-state index contributed by atoms with van der Waals surface area (Å²) in [4.78, 5) is 37.0. The molecule has 0 radical (unpaired) electrons. The summed E-state index contributed by atoms with van der Waals surface area (Å²) in [6, 6.07) is 1.04. The molecule has 2 fully saturated rings. The highest BCUT2D eigenvalue weighted by molar-refractivity contribution is 5.68. The van der Waals surface area contributed by atoms with Crippen LogP contribution in [0.5, 0.6) is 0 Å². The molecule has 4 rings (SSSR count). The highest BCUT2D eigenvalue weighted by atomic mass is 16.6. The van der Waals surface area contributed by atoms with E-state index in [1.165, 1.54) is 0 Å². The number of ether oxygens (including phenoxy) is 1. The summed E-state index contributed by atoms with van der Waals surface area (Å²) in [5, 5.41) is 10.9. The van der Waals surface area contributed by atoms with Gasteiger partial charge in [0, 0.05) is 58.4 Å². The molecule has 2 aromatic rings. The fraction of sp³-hybridized carbons (Fsp3) is 0.731. The lowest BCUT2D eigenvalue weighted by Gasteiger charge is -2.48. The summed E-state index contributed by atoms with van der Waals surface area (Å²) in [5.74, 6) is 0.938. The number of piperazine rings is 1. The van der Waals surface area contributed by atoms with Crippen molar-refractivity contribution in [1.29, 1.82) is 0 Å². The molecule has 12 nitrogen and oxygen atoms in total. The predicted molar refractivity (Wildman–Crippen MR) is 145 cm³/mol. The molecular weight excluding hydrogens is 488 g/mol. The van der Waals surface area contributed by atoms with Gasteiger partial charge in [0.25, 0.3) is 11.4 Å². The minimum atomic E-state index is -0.483. The Kier molecular flexibility index (Phi) is 8.29. The minimum Gasteiger partial charge on any atom is -0.444 e. The number of nitrogens with zero attached hydrogens (tertiary/aromatic N) is 7. The first-order chi connectivity index (χ1) is 18.0. The number of amides is 1. The molecule has 0 saturated carbocycles. The summed E-state index contributed by atoms with van der Waals surface area (Å²) in [7, 11) is 1.77. The number of aryl methyl sites for hydroxylation is 1. The topological polar surface area (TPSA) is 122 Å². The van der Waals surface area contributed by atoms with Crippen LogP contribution in [-0.2, 0) is 11.8 Å². The van der Waals surface area contributed by atoms with Gasteiger partial charge in [0.2, 0.25) is 0 Å². The Labute approximate surface area is 224 Å². The van der Waals surface area contributed by atoms with E-state index in [1.54, 1.807) is 11.6 Å². The number of nitrogens with one attached hydrogen (secondary N) is 1. The van der Waals surface area contributed by atoms with Crippen LogP contribution in [-0.4, -0.2) is 92.6 Å². The van der Waals surface area contributed by atoms with E-state index < -0.39 is 5.60 Å². The molecule has 38 heavy (non-hydrogen) atoms. The normalized spacial score (nSPS) is 19.6. The third-order valence-electron chi connectivity index (χ3n) is 7.27. The molecule has 2 aliphatic heterocycles. The Balaban J connectivity index is 1.45. The monoisotopic (exact) mass is 530 g/mol. The third-order valence-corrected chi connectivity index (χ3v) is 7.27. The lowest BCUT2D eigenvalue weighted by atomic mass is 9.98. The van der Waals surface area contributed by atoms with Gasteiger partial charge in [-0.1, -0.05) is 12.0 Å². The van der Waals surface area contributed by atoms with Gasteiger partial charge in [-0.05, 0) is 53.9 Å². The van der Waals surface area contributed by atoms with Crippen molar-refractivity contribution in [2.75, 3.05) is 49.5 Å². The van der Waals surface area contributed by atoms with Crippen LogP contribution < -0.4 is 15.8 Å². The molecule has 0 spiro atoms. The summed E-state index contributed by atoms with van der Waals surface area (Å²) >= 11 is 0. The molecule has 12 heteroatoms. The predicted octanol–water partition coefficient (Wildman–Crippen LogP) is 2.87. The number of aromatic nitrogens is 4. The third kappa shape index (κ3) is 5.95. The Morgan fingerprint density at radius 3 is 2.47 bits per heavy atom. The smallest absolute Gasteiger partial charge is 0.410 e. The quantitative estimate of drug-likeness (QED) is 0.596. The number of hydrogen-bond donors (Lipinski definition) is 1. The number of piperidine rings is 1.